The molecule has 0 saturated carbocycles. The van der Waals surface area contributed by atoms with Crippen LogP contribution in [-0.2, 0) is 14.9 Å². The quantitative estimate of drug-likeness (QED) is 0.152. The minimum Gasteiger partial charge on any atom is -0.491 e. The molecule has 0 N–H and O–H groups in total. The predicted molar refractivity (Wildman–Crippen MR) is 204 cm³/mol. The Labute approximate surface area is 295 Å². The lowest BCUT2D eigenvalue weighted by atomic mass is 9.66. The summed E-state index contributed by atoms with van der Waals surface area (Å²) in [5.74, 6) is 1.75. The summed E-state index contributed by atoms with van der Waals surface area (Å²) in [4.78, 5) is 0. The molecule has 0 aromatic heterocycles. The van der Waals surface area contributed by atoms with Crippen molar-refractivity contribution in [3.63, 3.8) is 0 Å². The van der Waals surface area contributed by atoms with Crippen molar-refractivity contribution in [3.05, 3.63) is 168 Å². The Kier molecular flexibility index (Phi) is 6.37. The topological polar surface area (TPSA) is 43.5 Å². The number of benzene rings is 8. The van der Waals surface area contributed by atoms with E-state index in [0.717, 1.165) is 35.5 Å². The highest BCUT2D eigenvalue weighted by Crippen LogP contribution is 2.58. The molecule has 2 unspecified atom stereocenters. The van der Waals surface area contributed by atoms with Crippen LogP contribution in [0, 0.1) is 0 Å². The number of epoxide rings is 2. The molecule has 51 heavy (non-hydrogen) atoms. The Bertz CT molecular complexity index is 2500. The second-order valence-electron chi connectivity index (χ2n) is 14.2. The monoisotopic (exact) mass is 662 g/mol. The number of hydrogen-bond acceptors (Lipinski definition) is 4. The molecular formula is C47H34O4. The lowest BCUT2D eigenvalue weighted by Crippen LogP contribution is -2.28. The number of ether oxygens (including phenoxy) is 4. The highest BCUT2D eigenvalue weighted by molar-refractivity contribution is 6.01. The fourth-order valence-corrected chi connectivity index (χ4v) is 8.28. The number of rotatable bonds is 8. The molecule has 4 nitrogen and oxygen atoms in total. The van der Waals surface area contributed by atoms with E-state index in [0.29, 0.717) is 13.2 Å². The highest BCUT2D eigenvalue weighted by Gasteiger charge is 2.47. The minimum absolute atomic E-state index is 0.219. The maximum atomic E-state index is 6.07. The standard InChI is InChI=1S/C47H34O4/c1-3-7-31-23-45-43(21-29(31)5-1)44-22-30-6-2-4-8-32(30)24-46(44)47(45,37-13-9-35-19-39(15-11-33(35)17-37)48-25-41-27-50-41)38-14-10-36-20-40(16-12-34(36)18-38)49-26-42-28-51-42/h1-24,41-42H,25-28H2. The van der Waals surface area contributed by atoms with Gasteiger partial charge in [-0.15, -0.1) is 0 Å². The van der Waals surface area contributed by atoms with Gasteiger partial charge in [0.15, 0.2) is 0 Å². The van der Waals surface area contributed by atoms with Gasteiger partial charge < -0.3 is 18.9 Å². The highest BCUT2D eigenvalue weighted by atomic mass is 16.6. The van der Waals surface area contributed by atoms with Crippen LogP contribution in [0.15, 0.2) is 146 Å². The molecule has 8 aromatic rings. The number of hydrogen-bond donors (Lipinski definition) is 0. The lowest BCUT2D eigenvalue weighted by molar-refractivity contribution is 0.263. The van der Waals surface area contributed by atoms with E-state index in [2.05, 4.69) is 146 Å². The maximum Gasteiger partial charge on any atom is 0.120 e. The van der Waals surface area contributed by atoms with Gasteiger partial charge in [-0.2, -0.15) is 0 Å². The van der Waals surface area contributed by atoms with Gasteiger partial charge in [-0.05, 0) is 137 Å². The first-order valence-corrected chi connectivity index (χ1v) is 17.8. The molecule has 2 aliphatic heterocycles. The van der Waals surface area contributed by atoms with Crippen LogP contribution in [0.25, 0.3) is 54.2 Å². The van der Waals surface area contributed by atoms with Gasteiger partial charge in [0.05, 0.1) is 18.6 Å². The van der Waals surface area contributed by atoms with Crippen LogP contribution in [0.5, 0.6) is 11.5 Å². The van der Waals surface area contributed by atoms with Gasteiger partial charge >= 0.3 is 0 Å². The Morgan fingerprint density at radius 1 is 0.431 bits per heavy atom. The van der Waals surface area contributed by atoms with Crippen molar-refractivity contribution in [2.45, 2.75) is 17.6 Å². The summed E-state index contributed by atoms with van der Waals surface area (Å²) in [6.07, 6.45) is 0.437. The molecule has 11 rings (SSSR count). The van der Waals surface area contributed by atoms with Gasteiger partial charge in [0, 0.05) is 0 Å². The third kappa shape index (κ3) is 4.82. The molecule has 3 aliphatic rings. The summed E-state index contributed by atoms with van der Waals surface area (Å²) >= 11 is 0. The Balaban J connectivity index is 1.17. The zero-order valence-corrected chi connectivity index (χ0v) is 28.0. The molecular weight excluding hydrogens is 629 g/mol. The van der Waals surface area contributed by atoms with Crippen molar-refractivity contribution in [1.29, 1.82) is 0 Å². The normalized spacial score (nSPS) is 18.2. The zero-order chi connectivity index (χ0) is 33.5. The van der Waals surface area contributed by atoms with E-state index in [1.54, 1.807) is 0 Å². The lowest BCUT2D eigenvalue weighted by Gasteiger charge is -2.34. The first-order chi connectivity index (χ1) is 25.2. The molecule has 246 valence electrons. The predicted octanol–water partition coefficient (Wildman–Crippen LogP) is 10.2. The smallest absolute Gasteiger partial charge is 0.120 e. The molecule has 2 heterocycles. The fourth-order valence-electron chi connectivity index (χ4n) is 8.28. The van der Waals surface area contributed by atoms with Crippen molar-refractivity contribution < 1.29 is 18.9 Å². The number of fused-ring (bicyclic) bond motifs is 7. The summed E-state index contributed by atoms with van der Waals surface area (Å²) in [6.45, 7) is 2.75. The van der Waals surface area contributed by atoms with Crippen molar-refractivity contribution in [1.82, 2.24) is 0 Å². The van der Waals surface area contributed by atoms with E-state index < -0.39 is 5.41 Å². The average molecular weight is 663 g/mol. The summed E-state index contributed by atoms with van der Waals surface area (Å²) in [6, 6.07) is 54.0. The van der Waals surface area contributed by atoms with Crippen molar-refractivity contribution >= 4 is 43.1 Å². The molecule has 0 amide bonds. The van der Waals surface area contributed by atoms with Gasteiger partial charge in [0.1, 0.15) is 36.9 Å². The Hall–Kier alpha value is -5.68. The van der Waals surface area contributed by atoms with Crippen LogP contribution < -0.4 is 9.47 Å². The minimum atomic E-state index is -0.571. The summed E-state index contributed by atoms with van der Waals surface area (Å²) < 4.78 is 22.9. The largest absolute Gasteiger partial charge is 0.491 e. The molecule has 0 spiro atoms. The summed E-state index contributed by atoms with van der Waals surface area (Å²) in [5.41, 5.74) is 7.09. The van der Waals surface area contributed by atoms with Gasteiger partial charge in [0.2, 0.25) is 0 Å². The molecule has 2 atom stereocenters. The van der Waals surface area contributed by atoms with Gasteiger partial charge in [0.25, 0.3) is 0 Å². The van der Waals surface area contributed by atoms with E-state index in [1.165, 1.54) is 65.7 Å². The van der Waals surface area contributed by atoms with Crippen LogP contribution >= 0.6 is 0 Å². The van der Waals surface area contributed by atoms with Crippen molar-refractivity contribution in [2.24, 2.45) is 0 Å². The SMILES string of the molecule is c1ccc2cc3c(cc2c1)-c1cc2ccccc2cc1C3(c1ccc2cc(OCC3CO3)ccc2c1)c1ccc2cc(OCC3CO3)ccc2c1. The van der Waals surface area contributed by atoms with Crippen LogP contribution in [0.4, 0.5) is 0 Å². The van der Waals surface area contributed by atoms with E-state index in [9.17, 15) is 0 Å². The Morgan fingerprint density at radius 2 is 0.804 bits per heavy atom. The molecule has 0 radical (unpaired) electrons. The molecule has 2 saturated heterocycles. The van der Waals surface area contributed by atoms with Crippen LogP contribution in [0.1, 0.15) is 22.3 Å². The first-order valence-electron chi connectivity index (χ1n) is 17.8. The van der Waals surface area contributed by atoms with E-state index >= 15 is 0 Å². The van der Waals surface area contributed by atoms with Crippen molar-refractivity contribution in [2.75, 3.05) is 26.4 Å². The first kappa shape index (κ1) is 29.1. The molecule has 0 bridgehead atoms. The average Bonchev–Trinajstić information content (AvgIpc) is 4.13. The van der Waals surface area contributed by atoms with Gasteiger partial charge in [-0.25, -0.2) is 0 Å². The van der Waals surface area contributed by atoms with Gasteiger partial charge in [-0.3, -0.25) is 0 Å². The van der Waals surface area contributed by atoms with Gasteiger partial charge in [-0.1, -0.05) is 84.9 Å². The molecule has 2 fully saturated rings. The summed E-state index contributed by atoms with van der Waals surface area (Å²) in [7, 11) is 0. The van der Waals surface area contributed by atoms with Crippen LogP contribution in [0.3, 0.4) is 0 Å². The molecule has 1 aliphatic carbocycles. The van der Waals surface area contributed by atoms with Crippen molar-refractivity contribution in [3.8, 4) is 22.6 Å². The summed E-state index contributed by atoms with van der Waals surface area (Å²) in [5, 5.41) is 9.64. The van der Waals surface area contributed by atoms with E-state index in [4.69, 9.17) is 18.9 Å². The van der Waals surface area contributed by atoms with E-state index in [-0.39, 0.29) is 12.2 Å². The third-order valence-electron chi connectivity index (χ3n) is 11.0. The van der Waals surface area contributed by atoms with E-state index in [1.807, 2.05) is 0 Å². The molecule has 4 heteroatoms. The van der Waals surface area contributed by atoms with Crippen LogP contribution in [-0.4, -0.2) is 38.6 Å². The maximum absolute atomic E-state index is 6.07. The molecule has 8 aromatic carbocycles. The second-order valence-corrected chi connectivity index (χ2v) is 14.2. The Morgan fingerprint density at radius 3 is 1.24 bits per heavy atom. The fraction of sp³-hybridized carbons (Fsp3) is 0.149. The van der Waals surface area contributed by atoms with Crippen LogP contribution in [0.2, 0.25) is 0 Å². The second kappa shape index (κ2) is 11.2. The zero-order valence-electron chi connectivity index (χ0n) is 28.0. The third-order valence-corrected chi connectivity index (χ3v) is 11.0.